The highest BCUT2D eigenvalue weighted by atomic mass is 79.9. The smallest absolute Gasteiger partial charge is 0.410 e. The van der Waals surface area contributed by atoms with Gasteiger partial charge >= 0.3 is 6.09 Å². The van der Waals surface area contributed by atoms with Crippen molar-refractivity contribution in [3.05, 3.63) is 33.3 Å². The Morgan fingerprint density at radius 3 is 2.95 bits per heavy atom. The summed E-state index contributed by atoms with van der Waals surface area (Å²) >= 11 is 3.57. The molecule has 0 aromatic heterocycles. The van der Waals surface area contributed by atoms with Crippen LogP contribution in [-0.2, 0) is 11.2 Å². The Hall–Kier alpha value is -1.07. The molecule has 0 saturated carbocycles. The molecule has 1 aromatic rings. The molecule has 1 heterocycles. The van der Waals surface area contributed by atoms with Crippen LogP contribution in [0.1, 0.15) is 29.2 Å². The second kappa shape index (κ2) is 5.04. The minimum atomic E-state index is -0.346. The van der Waals surface area contributed by atoms with Crippen LogP contribution in [-0.4, -0.2) is 35.9 Å². The van der Waals surface area contributed by atoms with E-state index < -0.39 is 0 Å². The van der Waals surface area contributed by atoms with Crippen LogP contribution in [0.5, 0.6) is 0 Å². The van der Waals surface area contributed by atoms with Gasteiger partial charge in [0.15, 0.2) is 0 Å². The van der Waals surface area contributed by atoms with E-state index in [-0.39, 0.29) is 24.8 Å². The van der Waals surface area contributed by atoms with Crippen molar-refractivity contribution in [1.29, 1.82) is 0 Å². The lowest BCUT2D eigenvalue weighted by molar-refractivity contribution is 0.0835. The van der Waals surface area contributed by atoms with Crippen molar-refractivity contribution in [2.24, 2.45) is 5.92 Å². The molecule has 3 atom stereocenters. The number of aliphatic hydroxyl groups excluding tert-OH is 1. The number of carbonyl (C=O) groups is 1. The first-order valence-electron chi connectivity index (χ1n) is 6.82. The number of rotatable bonds is 1. The predicted molar refractivity (Wildman–Crippen MR) is 78.5 cm³/mol. The summed E-state index contributed by atoms with van der Waals surface area (Å²) in [7, 11) is 1.39. The third kappa shape index (κ3) is 1.95. The van der Waals surface area contributed by atoms with Crippen molar-refractivity contribution in [3.8, 4) is 0 Å². The van der Waals surface area contributed by atoms with Crippen molar-refractivity contribution in [2.45, 2.75) is 31.8 Å². The monoisotopic (exact) mass is 339 g/mol. The van der Waals surface area contributed by atoms with Crippen LogP contribution < -0.4 is 0 Å². The van der Waals surface area contributed by atoms with Gasteiger partial charge in [-0.05, 0) is 48.4 Å². The lowest BCUT2D eigenvalue weighted by Crippen LogP contribution is -2.39. The topological polar surface area (TPSA) is 49.8 Å². The quantitative estimate of drug-likeness (QED) is 0.855. The number of likely N-dealkylation sites (tertiary alicyclic amines) is 1. The maximum Gasteiger partial charge on any atom is 0.410 e. The van der Waals surface area contributed by atoms with E-state index in [9.17, 15) is 9.90 Å². The van der Waals surface area contributed by atoms with Gasteiger partial charge in [-0.2, -0.15) is 0 Å². The van der Waals surface area contributed by atoms with Gasteiger partial charge in [-0.15, -0.1) is 0 Å². The number of halogens is 1. The van der Waals surface area contributed by atoms with Crippen LogP contribution >= 0.6 is 15.9 Å². The lowest BCUT2D eigenvalue weighted by Gasteiger charge is -2.28. The van der Waals surface area contributed by atoms with Crippen molar-refractivity contribution in [1.82, 2.24) is 4.90 Å². The molecule has 1 fully saturated rings. The van der Waals surface area contributed by atoms with E-state index >= 15 is 0 Å². The van der Waals surface area contributed by atoms with Gasteiger partial charge in [-0.3, -0.25) is 4.90 Å². The molecule has 0 unspecified atom stereocenters. The maximum atomic E-state index is 12.1. The number of amides is 1. The van der Waals surface area contributed by atoms with Gasteiger partial charge in [0.1, 0.15) is 0 Å². The summed E-state index contributed by atoms with van der Waals surface area (Å²) in [6.45, 7) is 2.07. The third-order valence-electron chi connectivity index (χ3n) is 4.53. The van der Waals surface area contributed by atoms with Crippen LogP contribution in [0, 0.1) is 12.8 Å². The molecule has 1 amide bonds. The predicted octanol–water partition coefficient (Wildman–Crippen LogP) is 2.80. The highest BCUT2D eigenvalue weighted by Gasteiger charge is 2.48. The Labute approximate surface area is 126 Å². The first-order valence-corrected chi connectivity index (χ1v) is 7.62. The van der Waals surface area contributed by atoms with Gasteiger partial charge in [0.05, 0.1) is 25.8 Å². The average molecular weight is 340 g/mol. The van der Waals surface area contributed by atoms with E-state index in [0.29, 0.717) is 5.92 Å². The van der Waals surface area contributed by atoms with Gasteiger partial charge in [-0.1, -0.05) is 22.0 Å². The van der Waals surface area contributed by atoms with Crippen LogP contribution in [0.3, 0.4) is 0 Å². The summed E-state index contributed by atoms with van der Waals surface area (Å²) in [5.41, 5.74) is 3.71. The molecule has 1 aliphatic heterocycles. The van der Waals surface area contributed by atoms with Crippen molar-refractivity contribution < 1.29 is 14.6 Å². The molecule has 2 aliphatic rings. The summed E-state index contributed by atoms with van der Waals surface area (Å²) < 4.78 is 5.97. The van der Waals surface area contributed by atoms with E-state index in [0.717, 1.165) is 17.3 Å². The second-order valence-electron chi connectivity index (χ2n) is 5.66. The first-order chi connectivity index (χ1) is 9.56. The summed E-state index contributed by atoms with van der Waals surface area (Å²) in [5.74, 6) is 0.384. The Morgan fingerprint density at radius 2 is 2.30 bits per heavy atom. The molecular weight excluding hydrogens is 322 g/mol. The molecule has 0 spiro atoms. The zero-order chi connectivity index (χ0) is 14.4. The fourth-order valence-corrected chi connectivity index (χ4v) is 4.03. The molecule has 1 aromatic carbocycles. The maximum absolute atomic E-state index is 12.1. The second-order valence-corrected chi connectivity index (χ2v) is 6.51. The summed E-state index contributed by atoms with van der Waals surface area (Å²) in [6.07, 6.45) is 1.46. The number of hydrogen-bond acceptors (Lipinski definition) is 3. The number of aryl methyl sites for hydroxylation is 1. The number of methoxy groups -OCH3 is 1. The number of fused-ring (bicyclic) bond motifs is 3. The van der Waals surface area contributed by atoms with Gasteiger partial charge in [-0.25, -0.2) is 4.79 Å². The minimum Gasteiger partial charge on any atom is -0.453 e. The van der Waals surface area contributed by atoms with E-state index in [1.165, 1.54) is 23.8 Å². The first kappa shape index (κ1) is 13.9. The van der Waals surface area contributed by atoms with Gasteiger partial charge in [0, 0.05) is 4.47 Å². The molecule has 0 bridgehead atoms. The zero-order valence-electron chi connectivity index (χ0n) is 11.6. The molecule has 1 N–H and O–H groups in total. The number of nitrogens with zero attached hydrogens (tertiary/aromatic N) is 1. The molecule has 108 valence electrons. The van der Waals surface area contributed by atoms with Crippen LogP contribution in [0.4, 0.5) is 4.79 Å². The van der Waals surface area contributed by atoms with E-state index in [2.05, 4.69) is 35.0 Å². The highest BCUT2D eigenvalue weighted by molar-refractivity contribution is 9.10. The Bertz CT molecular complexity index is 560. The van der Waals surface area contributed by atoms with E-state index in [1.54, 1.807) is 4.90 Å². The Morgan fingerprint density at radius 1 is 1.55 bits per heavy atom. The Balaban J connectivity index is 2.03. The van der Waals surface area contributed by atoms with Crippen molar-refractivity contribution in [3.63, 3.8) is 0 Å². The molecule has 1 aliphatic carbocycles. The zero-order valence-corrected chi connectivity index (χ0v) is 13.2. The normalized spacial score (nSPS) is 27.4. The summed E-state index contributed by atoms with van der Waals surface area (Å²) in [6, 6.07) is 4.21. The van der Waals surface area contributed by atoms with Gasteiger partial charge in [0.25, 0.3) is 0 Å². The van der Waals surface area contributed by atoms with Crippen LogP contribution in [0.2, 0.25) is 0 Å². The fraction of sp³-hybridized carbons (Fsp3) is 0.533. The largest absolute Gasteiger partial charge is 0.453 e. The van der Waals surface area contributed by atoms with Gasteiger partial charge in [0.2, 0.25) is 0 Å². The number of ether oxygens (including phenoxy) is 1. The van der Waals surface area contributed by atoms with Crippen molar-refractivity contribution in [2.75, 3.05) is 13.7 Å². The SMILES string of the molecule is COC(=O)N1[C@H](CO)C[C@H]2Cc3cc(C)c(Br)cc3[C@H]21. The van der Waals surface area contributed by atoms with Gasteiger partial charge < -0.3 is 9.84 Å². The van der Waals surface area contributed by atoms with Crippen molar-refractivity contribution >= 4 is 22.0 Å². The van der Waals surface area contributed by atoms with Crippen LogP contribution in [0.25, 0.3) is 0 Å². The standard InChI is InChI=1S/C15H18BrNO3/c1-8-3-9-4-10-5-11(7-18)17(15(19)20-2)14(10)12(9)6-13(8)16/h3,6,10-11,14,18H,4-5,7H2,1-2H3/t10-,11+,14+/m1/s1. The highest BCUT2D eigenvalue weighted by Crippen LogP contribution is 2.50. The lowest BCUT2D eigenvalue weighted by atomic mass is 10.0. The number of hydrogen-bond donors (Lipinski definition) is 1. The number of benzene rings is 1. The summed E-state index contributed by atoms with van der Waals surface area (Å²) in [4.78, 5) is 13.8. The summed E-state index contributed by atoms with van der Waals surface area (Å²) in [5, 5.41) is 9.52. The molecule has 0 radical (unpaired) electrons. The Kier molecular flexibility index (Phi) is 3.50. The molecule has 20 heavy (non-hydrogen) atoms. The fourth-order valence-electron chi connectivity index (χ4n) is 3.67. The molecular formula is C15H18BrNO3. The third-order valence-corrected chi connectivity index (χ3v) is 5.39. The average Bonchev–Trinajstić information content (AvgIpc) is 2.94. The van der Waals surface area contributed by atoms with Crippen LogP contribution in [0.15, 0.2) is 16.6 Å². The van der Waals surface area contributed by atoms with E-state index in [4.69, 9.17) is 4.74 Å². The number of aliphatic hydroxyl groups is 1. The molecule has 5 heteroatoms. The molecule has 1 saturated heterocycles. The van der Waals surface area contributed by atoms with E-state index in [1.807, 2.05) is 0 Å². The number of carbonyl (C=O) groups excluding carboxylic acids is 1. The minimum absolute atomic E-state index is 0.00946. The molecule has 3 rings (SSSR count). The molecule has 4 nitrogen and oxygen atoms in total.